The topological polar surface area (TPSA) is 63.6 Å². The van der Waals surface area contributed by atoms with Gasteiger partial charge >= 0.3 is 0 Å². The summed E-state index contributed by atoms with van der Waals surface area (Å²) in [4.78, 5) is 27.1. The Kier molecular flexibility index (Phi) is 9.49. The van der Waals surface area contributed by atoms with Crippen molar-refractivity contribution < 1.29 is 19.4 Å². The maximum absolute atomic E-state index is 13.9. The van der Waals surface area contributed by atoms with Crippen LogP contribution in [0, 0.1) is 11.3 Å². The summed E-state index contributed by atoms with van der Waals surface area (Å²) in [6.07, 6.45) is 7.15. The molecule has 174 valence electrons. The van der Waals surface area contributed by atoms with Crippen molar-refractivity contribution in [3.8, 4) is 0 Å². The van der Waals surface area contributed by atoms with E-state index in [-0.39, 0.29) is 23.0 Å². The van der Waals surface area contributed by atoms with Gasteiger partial charge in [-0.25, -0.2) is 0 Å². The first-order valence-electron chi connectivity index (χ1n) is 11.9. The smallest absolute Gasteiger partial charge is 0.193 e. The molecule has 0 unspecified atom stereocenters. The van der Waals surface area contributed by atoms with Gasteiger partial charge in [0, 0.05) is 5.57 Å². The molecule has 1 aromatic carbocycles. The number of benzene rings is 1. The molecule has 32 heavy (non-hydrogen) atoms. The zero-order valence-electron chi connectivity index (χ0n) is 20.2. The van der Waals surface area contributed by atoms with Gasteiger partial charge in [-0.05, 0) is 36.8 Å². The van der Waals surface area contributed by atoms with E-state index in [1.165, 1.54) is 6.08 Å². The predicted molar refractivity (Wildman–Crippen MR) is 130 cm³/mol. The molecular formula is C28H38O4. The van der Waals surface area contributed by atoms with Crippen LogP contribution in [0.15, 0.2) is 59.1 Å². The number of hydrogen-bond donors (Lipinski definition) is 1. The number of carbonyl (C=O) groups is 2. The van der Waals surface area contributed by atoms with E-state index < -0.39 is 11.2 Å². The normalized spacial score (nSPS) is 16.4. The van der Waals surface area contributed by atoms with Gasteiger partial charge in [0.1, 0.15) is 17.1 Å². The summed E-state index contributed by atoms with van der Waals surface area (Å²) < 4.78 is 6.26. The Balaban J connectivity index is 2.65. The fraction of sp³-hybridized carbons (Fsp3) is 0.500. The van der Waals surface area contributed by atoms with Gasteiger partial charge in [-0.2, -0.15) is 0 Å². The third kappa shape index (κ3) is 5.59. The lowest BCUT2D eigenvalue weighted by molar-refractivity contribution is -0.129. The number of rotatable bonds is 12. The lowest BCUT2D eigenvalue weighted by Gasteiger charge is -2.39. The number of hydrogen-bond acceptors (Lipinski definition) is 4. The molecule has 0 atom stereocenters. The molecule has 1 aliphatic rings. The zero-order chi connectivity index (χ0) is 23.7. The zero-order valence-corrected chi connectivity index (χ0v) is 20.2. The van der Waals surface area contributed by atoms with Gasteiger partial charge in [0.2, 0.25) is 0 Å². The fourth-order valence-electron chi connectivity index (χ4n) is 4.44. The summed E-state index contributed by atoms with van der Waals surface area (Å²) in [7, 11) is 0. The number of allylic oxidation sites excluding steroid dienone is 4. The maximum atomic E-state index is 13.9. The number of ether oxygens (including phenoxy) is 1. The standard InChI is InChI=1S/C28H38O4/c1-6-12-22-25(30)24(23(29)16-15-21-13-10-9-11-14-21)26(31)28(17-7-2,18-8-3)27(22)32-19-20(4)5/h9-11,13-16,20,30H,6-8,12,17-19H2,1-5H3/b16-15+. The van der Waals surface area contributed by atoms with Crippen LogP contribution in [0.25, 0.3) is 6.08 Å². The Morgan fingerprint density at radius 3 is 2.22 bits per heavy atom. The summed E-state index contributed by atoms with van der Waals surface area (Å²) in [6, 6.07) is 9.46. The Morgan fingerprint density at radius 2 is 1.69 bits per heavy atom. The second kappa shape index (κ2) is 11.8. The molecule has 0 aromatic heterocycles. The molecular weight excluding hydrogens is 400 g/mol. The van der Waals surface area contributed by atoms with Crippen molar-refractivity contribution in [2.45, 2.75) is 73.1 Å². The summed E-state index contributed by atoms with van der Waals surface area (Å²) in [5, 5.41) is 11.2. The van der Waals surface area contributed by atoms with E-state index >= 15 is 0 Å². The molecule has 4 heteroatoms. The fourth-order valence-corrected chi connectivity index (χ4v) is 4.44. The van der Waals surface area contributed by atoms with Gasteiger partial charge in [-0.3, -0.25) is 9.59 Å². The summed E-state index contributed by atoms with van der Waals surface area (Å²) in [6.45, 7) is 10.7. The van der Waals surface area contributed by atoms with Crippen LogP contribution in [-0.2, 0) is 14.3 Å². The van der Waals surface area contributed by atoms with Gasteiger partial charge < -0.3 is 9.84 Å². The molecule has 0 bridgehead atoms. The molecule has 0 saturated heterocycles. The Hall–Kier alpha value is -2.62. The first kappa shape index (κ1) is 25.6. The first-order chi connectivity index (χ1) is 15.3. The predicted octanol–water partition coefficient (Wildman–Crippen LogP) is 6.98. The third-order valence-corrected chi connectivity index (χ3v) is 5.78. The van der Waals surface area contributed by atoms with E-state index in [4.69, 9.17) is 4.74 Å². The molecule has 0 amide bonds. The highest BCUT2D eigenvalue weighted by molar-refractivity contribution is 6.28. The lowest BCUT2D eigenvalue weighted by atomic mass is 9.66. The largest absolute Gasteiger partial charge is 0.507 e. The van der Waals surface area contributed by atoms with Gasteiger partial charge in [0.05, 0.1) is 12.0 Å². The number of carbonyl (C=O) groups excluding carboxylic acids is 2. The highest BCUT2D eigenvalue weighted by Gasteiger charge is 2.50. The number of aliphatic hydroxyl groups excluding tert-OH is 1. The molecule has 4 nitrogen and oxygen atoms in total. The Morgan fingerprint density at radius 1 is 1.06 bits per heavy atom. The monoisotopic (exact) mass is 438 g/mol. The average molecular weight is 439 g/mol. The van der Waals surface area contributed by atoms with Gasteiger partial charge in [-0.15, -0.1) is 0 Å². The van der Waals surface area contributed by atoms with Crippen molar-refractivity contribution in [2.24, 2.45) is 11.3 Å². The highest BCUT2D eigenvalue weighted by Crippen LogP contribution is 2.48. The van der Waals surface area contributed by atoms with E-state index in [0.29, 0.717) is 37.2 Å². The van der Waals surface area contributed by atoms with Gasteiger partial charge in [-0.1, -0.05) is 90.3 Å². The number of ketones is 2. The highest BCUT2D eigenvalue weighted by atomic mass is 16.5. The summed E-state index contributed by atoms with van der Waals surface area (Å²) in [5.74, 6) is -0.0992. The van der Waals surface area contributed by atoms with Crippen LogP contribution in [0.1, 0.15) is 78.7 Å². The summed E-state index contributed by atoms with van der Waals surface area (Å²) in [5.41, 5.74) is 0.481. The molecule has 0 radical (unpaired) electrons. The van der Waals surface area contributed by atoms with E-state index in [1.807, 2.05) is 51.1 Å². The van der Waals surface area contributed by atoms with E-state index in [0.717, 1.165) is 24.8 Å². The Labute approximate surface area is 193 Å². The van der Waals surface area contributed by atoms with E-state index in [2.05, 4.69) is 13.8 Å². The molecule has 1 aliphatic carbocycles. The second-order valence-electron chi connectivity index (χ2n) is 9.01. The minimum atomic E-state index is -0.902. The van der Waals surface area contributed by atoms with Gasteiger partial charge in [0.15, 0.2) is 11.6 Å². The van der Waals surface area contributed by atoms with Crippen LogP contribution in [0.2, 0.25) is 0 Å². The second-order valence-corrected chi connectivity index (χ2v) is 9.01. The molecule has 1 aromatic rings. The Bertz CT molecular complexity index is 881. The molecule has 0 spiro atoms. The minimum Gasteiger partial charge on any atom is -0.507 e. The van der Waals surface area contributed by atoms with Crippen LogP contribution in [-0.4, -0.2) is 23.3 Å². The first-order valence-corrected chi connectivity index (χ1v) is 11.9. The molecule has 0 heterocycles. The SMILES string of the molecule is CCCC1=C(OCC(C)C)C(CCC)(CCC)C(=O)C(C(=O)/C=C/c2ccccc2)=C1O. The quantitative estimate of drug-likeness (QED) is 0.282. The minimum absolute atomic E-state index is 0.0978. The maximum Gasteiger partial charge on any atom is 0.193 e. The molecule has 0 saturated carbocycles. The molecule has 1 N–H and O–H groups in total. The van der Waals surface area contributed by atoms with Crippen LogP contribution in [0.3, 0.4) is 0 Å². The van der Waals surface area contributed by atoms with Crippen LogP contribution in [0.4, 0.5) is 0 Å². The average Bonchev–Trinajstić information content (AvgIpc) is 2.76. The van der Waals surface area contributed by atoms with Crippen molar-refractivity contribution in [3.63, 3.8) is 0 Å². The van der Waals surface area contributed by atoms with Crippen molar-refractivity contribution in [1.29, 1.82) is 0 Å². The summed E-state index contributed by atoms with van der Waals surface area (Å²) >= 11 is 0. The van der Waals surface area contributed by atoms with E-state index in [9.17, 15) is 14.7 Å². The third-order valence-electron chi connectivity index (χ3n) is 5.78. The molecule has 0 aliphatic heterocycles. The van der Waals surface area contributed by atoms with Crippen LogP contribution in [0.5, 0.6) is 0 Å². The van der Waals surface area contributed by atoms with Crippen LogP contribution >= 0.6 is 0 Å². The lowest BCUT2D eigenvalue weighted by Crippen LogP contribution is -2.42. The van der Waals surface area contributed by atoms with Crippen molar-refractivity contribution >= 4 is 17.6 Å². The van der Waals surface area contributed by atoms with Gasteiger partial charge in [0.25, 0.3) is 0 Å². The molecule has 2 rings (SSSR count). The van der Waals surface area contributed by atoms with Crippen molar-refractivity contribution in [3.05, 3.63) is 64.6 Å². The number of Topliss-reactive ketones (excluding diaryl/α,β-unsaturated/α-hetero) is 1. The van der Waals surface area contributed by atoms with Crippen molar-refractivity contribution in [2.75, 3.05) is 6.61 Å². The number of aliphatic hydroxyl groups is 1. The van der Waals surface area contributed by atoms with Crippen LogP contribution < -0.4 is 0 Å². The van der Waals surface area contributed by atoms with Crippen molar-refractivity contribution in [1.82, 2.24) is 0 Å². The van der Waals surface area contributed by atoms with E-state index in [1.54, 1.807) is 6.08 Å². The molecule has 0 fully saturated rings.